The number of aromatic nitrogens is 2. The fourth-order valence-electron chi connectivity index (χ4n) is 2.52. The molecule has 1 aromatic heterocycles. The third kappa shape index (κ3) is 6.66. The third-order valence-electron chi connectivity index (χ3n) is 4.00. The number of aryl methyl sites for hydroxylation is 2. The summed E-state index contributed by atoms with van der Waals surface area (Å²) < 4.78 is 1.83. The van der Waals surface area contributed by atoms with Crippen LogP contribution in [0.3, 0.4) is 0 Å². The summed E-state index contributed by atoms with van der Waals surface area (Å²) in [5, 5.41) is 11.0. The van der Waals surface area contributed by atoms with Crippen LogP contribution < -0.4 is 10.6 Å². The Morgan fingerprint density at radius 1 is 1.24 bits per heavy atom. The van der Waals surface area contributed by atoms with Crippen molar-refractivity contribution < 1.29 is 0 Å². The Balaban J connectivity index is 0.00000312. The van der Waals surface area contributed by atoms with E-state index in [2.05, 4.69) is 77.1 Å². The van der Waals surface area contributed by atoms with Crippen LogP contribution >= 0.6 is 24.0 Å². The lowest BCUT2D eigenvalue weighted by atomic mass is 10.1. The average molecular weight is 456 g/mol. The molecule has 0 fully saturated rings. The molecular weight excluding hydrogens is 427 g/mol. The van der Waals surface area contributed by atoms with Gasteiger partial charge in [-0.15, -0.1) is 24.0 Å². The molecule has 2 N–H and O–H groups in total. The lowest BCUT2D eigenvalue weighted by Crippen LogP contribution is -2.41. The van der Waals surface area contributed by atoms with Gasteiger partial charge in [-0.3, -0.25) is 9.67 Å². The van der Waals surface area contributed by atoms with Crippen molar-refractivity contribution in [2.75, 3.05) is 27.7 Å². The van der Waals surface area contributed by atoms with E-state index in [1.807, 2.05) is 17.9 Å². The normalized spacial score (nSPS) is 12.6. The first-order chi connectivity index (χ1) is 11.5. The predicted molar refractivity (Wildman–Crippen MR) is 114 cm³/mol. The number of hydrogen-bond donors (Lipinski definition) is 2. The minimum Gasteiger partial charge on any atom is -0.354 e. The fraction of sp³-hybridized carbons (Fsp3) is 0.444. The van der Waals surface area contributed by atoms with Gasteiger partial charge in [0.15, 0.2) is 5.96 Å². The van der Waals surface area contributed by atoms with Crippen molar-refractivity contribution in [1.82, 2.24) is 25.3 Å². The largest absolute Gasteiger partial charge is 0.354 e. The number of rotatable bonds is 6. The van der Waals surface area contributed by atoms with Gasteiger partial charge in [-0.05, 0) is 26.6 Å². The van der Waals surface area contributed by atoms with Crippen LogP contribution in [0, 0.1) is 6.92 Å². The van der Waals surface area contributed by atoms with E-state index < -0.39 is 0 Å². The van der Waals surface area contributed by atoms with Gasteiger partial charge in [0.2, 0.25) is 0 Å². The Morgan fingerprint density at radius 3 is 2.44 bits per heavy atom. The third-order valence-corrected chi connectivity index (χ3v) is 4.00. The van der Waals surface area contributed by atoms with E-state index in [9.17, 15) is 0 Å². The van der Waals surface area contributed by atoms with Gasteiger partial charge >= 0.3 is 0 Å². The van der Waals surface area contributed by atoms with Gasteiger partial charge in [-0.1, -0.05) is 29.8 Å². The standard InChI is InChI=1S/C18H28N6.HI/c1-14-6-8-15(9-7-14)10-20-18(19-2)21-12-17(23(3)4)16-11-22-24(5)13-16;/h6-9,11,13,17H,10,12H2,1-5H3,(H2,19,20,21);1H. The lowest BCUT2D eigenvalue weighted by Gasteiger charge is -2.24. The molecule has 2 aromatic rings. The number of aliphatic imine (C=N–C) groups is 1. The predicted octanol–water partition coefficient (Wildman–Crippen LogP) is 2.31. The lowest BCUT2D eigenvalue weighted by molar-refractivity contribution is 0.298. The molecule has 0 aliphatic rings. The van der Waals surface area contributed by atoms with Crippen LogP contribution in [0.15, 0.2) is 41.7 Å². The monoisotopic (exact) mass is 456 g/mol. The summed E-state index contributed by atoms with van der Waals surface area (Å²) in [6.45, 7) is 3.60. The van der Waals surface area contributed by atoms with Crippen LogP contribution in [-0.4, -0.2) is 48.3 Å². The molecule has 25 heavy (non-hydrogen) atoms. The summed E-state index contributed by atoms with van der Waals surface area (Å²) in [6, 6.07) is 8.74. The molecule has 1 aromatic carbocycles. The molecule has 0 radical (unpaired) electrons. The Labute approximate surface area is 167 Å². The molecule has 1 atom stereocenters. The van der Waals surface area contributed by atoms with Crippen LogP contribution in [0.1, 0.15) is 22.7 Å². The summed E-state index contributed by atoms with van der Waals surface area (Å²) in [7, 11) is 7.87. The van der Waals surface area contributed by atoms with Crippen molar-refractivity contribution in [1.29, 1.82) is 0 Å². The zero-order chi connectivity index (χ0) is 17.5. The highest BCUT2D eigenvalue weighted by Gasteiger charge is 2.16. The Bertz CT molecular complexity index is 662. The zero-order valence-electron chi connectivity index (χ0n) is 15.7. The van der Waals surface area contributed by atoms with E-state index in [0.29, 0.717) is 0 Å². The second kappa shape index (κ2) is 10.4. The van der Waals surface area contributed by atoms with Gasteiger partial charge in [0, 0.05) is 38.9 Å². The summed E-state index contributed by atoms with van der Waals surface area (Å²) >= 11 is 0. The van der Waals surface area contributed by atoms with E-state index in [1.54, 1.807) is 7.05 Å². The van der Waals surface area contributed by atoms with Gasteiger partial charge in [-0.2, -0.15) is 5.10 Å². The molecular formula is C18H29IN6. The van der Waals surface area contributed by atoms with Crippen molar-refractivity contribution >= 4 is 29.9 Å². The average Bonchev–Trinajstić information content (AvgIpc) is 2.98. The smallest absolute Gasteiger partial charge is 0.191 e. The molecule has 7 heteroatoms. The van der Waals surface area contributed by atoms with E-state index in [0.717, 1.165) is 19.0 Å². The van der Waals surface area contributed by atoms with Crippen LogP contribution in [0.25, 0.3) is 0 Å². The molecule has 0 bridgehead atoms. The molecule has 0 aliphatic heterocycles. The second-order valence-electron chi connectivity index (χ2n) is 6.22. The Morgan fingerprint density at radius 2 is 1.92 bits per heavy atom. The molecule has 0 saturated carbocycles. The zero-order valence-corrected chi connectivity index (χ0v) is 18.0. The molecule has 1 heterocycles. The number of likely N-dealkylation sites (N-methyl/N-ethyl adjacent to an activating group) is 1. The molecule has 0 saturated heterocycles. The highest BCUT2D eigenvalue weighted by Crippen LogP contribution is 2.16. The quantitative estimate of drug-likeness (QED) is 0.398. The highest BCUT2D eigenvalue weighted by molar-refractivity contribution is 14.0. The van der Waals surface area contributed by atoms with Crippen LogP contribution in [0.2, 0.25) is 0 Å². The second-order valence-corrected chi connectivity index (χ2v) is 6.22. The van der Waals surface area contributed by atoms with Crippen molar-refractivity contribution in [3.63, 3.8) is 0 Å². The first-order valence-corrected chi connectivity index (χ1v) is 8.14. The summed E-state index contributed by atoms with van der Waals surface area (Å²) in [6.07, 6.45) is 3.96. The van der Waals surface area contributed by atoms with Gasteiger partial charge in [0.1, 0.15) is 0 Å². The molecule has 0 spiro atoms. The van der Waals surface area contributed by atoms with Gasteiger partial charge in [-0.25, -0.2) is 0 Å². The molecule has 2 rings (SSSR count). The van der Waals surface area contributed by atoms with Gasteiger partial charge in [0.05, 0.1) is 12.2 Å². The fourth-order valence-corrected chi connectivity index (χ4v) is 2.52. The first kappa shape index (κ1) is 21.4. The van der Waals surface area contributed by atoms with Crippen LogP contribution in [-0.2, 0) is 13.6 Å². The van der Waals surface area contributed by atoms with E-state index in [-0.39, 0.29) is 30.0 Å². The summed E-state index contributed by atoms with van der Waals surface area (Å²) in [5.41, 5.74) is 3.69. The first-order valence-electron chi connectivity index (χ1n) is 8.14. The van der Waals surface area contributed by atoms with Crippen molar-refractivity contribution in [2.45, 2.75) is 19.5 Å². The van der Waals surface area contributed by atoms with Crippen molar-refractivity contribution in [3.05, 3.63) is 53.3 Å². The maximum atomic E-state index is 4.31. The molecule has 138 valence electrons. The highest BCUT2D eigenvalue weighted by atomic mass is 127. The number of nitrogens with one attached hydrogen (secondary N) is 2. The number of benzene rings is 1. The minimum absolute atomic E-state index is 0. The van der Waals surface area contributed by atoms with Crippen molar-refractivity contribution in [3.8, 4) is 0 Å². The number of guanidine groups is 1. The van der Waals surface area contributed by atoms with E-state index >= 15 is 0 Å². The molecule has 0 aliphatic carbocycles. The number of hydrogen-bond acceptors (Lipinski definition) is 3. The summed E-state index contributed by atoms with van der Waals surface area (Å²) in [5.74, 6) is 0.798. The van der Waals surface area contributed by atoms with Gasteiger partial charge in [0.25, 0.3) is 0 Å². The van der Waals surface area contributed by atoms with E-state index in [1.165, 1.54) is 16.7 Å². The minimum atomic E-state index is 0. The number of halogens is 1. The number of nitrogens with zero attached hydrogens (tertiary/aromatic N) is 4. The Hall–Kier alpha value is -1.61. The molecule has 0 amide bonds. The maximum Gasteiger partial charge on any atom is 0.191 e. The Kier molecular flexibility index (Phi) is 8.91. The maximum absolute atomic E-state index is 4.31. The van der Waals surface area contributed by atoms with Gasteiger partial charge < -0.3 is 15.5 Å². The summed E-state index contributed by atoms with van der Waals surface area (Å²) in [4.78, 5) is 6.48. The van der Waals surface area contributed by atoms with E-state index in [4.69, 9.17) is 0 Å². The topological polar surface area (TPSA) is 57.5 Å². The van der Waals surface area contributed by atoms with Crippen LogP contribution in [0.4, 0.5) is 0 Å². The molecule has 6 nitrogen and oxygen atoms in total. The van der Waals surface area contributed by atoms with Crippen LogP contribution in [0.5, 0.6) is 0 Å². The molecule has 1 unspecified atom stereocenters. The SMILES string of the molecule is CN=C(NCc1ccc(C)cc1)NCC(c1cnn(C)c1)N(C)C.I. The van der Waals surface area contributed by atoms with Crippen molar-refractivity contribution in [2.24, 2.45) is 12.0 Å².